The number of hydrogen-bond acceptors (Lipinski definition) is 3. The fourth-order valence-electron chi connectivity index (χ4n) is 7.09. The lowest BCUT2D eigenvalue weighted by Crippen LogP contribution is -2.10. The van der Waals surface area contributed by atoms with E-state index in [1.165, 1.54) is 21.7 Å². The van der Waals surface area contributed by atoms with Crippen molar-refractivity contribution in [2.24, 2.45) is 0 Å². The van der Waals surface area contributed by atoms with E-state index < -0.39 is 0 Å². The van der Waals surface area contributed by atoms with Crippen LogP contribution in [-0.4, -0.2) is 25.6 Å². The van der Waals surface area contributed by atoms with Crippen LogP contribution in [0.15, 0.2) is 171 Å². The summed E-state index contributed by atoms with van der Waals surface area (Å²) in [4.78, 5) is 10.3. The number of nitrogens with zero attached hydrogens (tertiary/aromatic N) is 4. The van der Waals surface area contributed by atoms with E-state index in [4.69, 9.17) is 9.97 Å². The average Bonchev–Trinajstić information content (AvgIpc) is 3.77. The molecule has 9 rings (SSSR count). The predicted octanol–water partition coefficient (Wildman–Crippen LogP) is 10.8. The fourth-order valence-corrected chi connectivity index (χ4v) is 7.09. The summed E-state index contributed by atoms with van der Waals surface area (Å²) < 4.78 is 4.65. The lowest BCUT2D eigenvalue weighted by Gasteiger charge is -2.13. The monoisotopic (exact) mass is 643 g/mol. The van der Waals surface area contributed by atoms with E-state index >= 15 is 0 Å². The Balaban J connectivity index is 1.21. The highest BCUT2D eigenvalue weighted by Crippen LogP contribution is 2.38. The Morgan fingerprint density at radius 1 is 0.620 bits per heavy atom. The lowest BCUT2D eigenvalue weighted by molar-refractivity contribution is 1.01. The Morgan fingerprint density at radius 2 is 1.38 bits per heavy atom. The molecule has 0 amide bonds. The molecule has 0 bridgehead atoms. The number of benzene rings is 6. The van der Waals surface area contributed by atoms with Gasteiger partial charge in [0.25, 0.3) is 0 Å². The molecule has 1 N–H and O–H groups in total. The summed E-state index contributed by atoms with van der Waals surface area (Å²) in [6.45, 7) is 8.64. The second-order valence-corrected chi connectivity index (χ2v) is 12.5. The second-order valence-electron chi connectivity index (χ2n) is 12.5. The maximum absolute atomic E-state index is 5.22. The van der Waals surface area contributed by atoms with Crippen LogP contribution >= 0.6 is 0 Å². The van der Waals surface area contributed by atoms with Gasteiger partial charge < -0.3 is 14.5 Å². The summed E-state index contributed by atoms with van der Waals surface area (Å²) in [6.07, 6.45) is 4.00. The molecule has 238 valence electrons. The minimum absolute atomic E-state index is 0.666. The van der Waals surface area contributed by atoms with Crippen molar-refractivity contribution in [3.8, 4) is 34.0 Å². The van der Waals surface area contributed by atoms with Gasteiger partial charge in [0.1, 0.15) is 0 Å². The fraction of sp³-hybridized carbons (Fsp3) is 0.0222. The molecule has 5 heteroatoms. The molecule has 0 fully saturated rings. The molecule has 0 unspecified atom stereocenters. The minimum atomic E-state index is 0.666. The maximum atomic E-state index is 5.22. The summed E-state index contributed by atoms with van der Waals surface area (Å²) in [6, 6.07) is 51.1. The first-order valence-electron chi connectivity index (χ1n) is 16.8. The number of nitrogens with one attached hydrogen (secondary N) is 1. The molecule has 0 saturated carbocycles. The zero-order chi connectivity index (χ0) is 33.6. The molecule has 3 aromatic heterocycles. The van der Waals surface area contributed by atoms with Crippen molar-refractivity contribution in [1.82, 2.24) is 24.4 Å². The van der Waals surface area contributed by atoms with Gasteiger partial charge in [-0.25, -0.2) is 9.97 Å². The van der Waals surface area contributed by atoms with Crippen LogP contribution < -0.4 is 5.32 Å². The van der Waals surface area contributed by atoms with Crippen LogP contribution in [0, 0.1) is 0 Å². The van der Waals surface area contributed by atoms with Gasteiger partial charge in [-0.2, -0.15) is 0 Å². The zero-order valence-corrected chi connectivity index (χ0v) is 27.4. The van der Waals surface area contributed by atoms with Crippen molar-refractivity contribution >= 4 is 49.3 Å². The van der Waals surface area contributed by atoms with E-state index in [2.05, 4.69) is 167 Å². The zero-order valence-electron chi connectivity index (χ0n) is 27.4. The van der Waals surface area contributed by atoms with Crippen LogP contribution in [0.1, 0.15) is 5.56 Å². The van der Waals surface area contributed by atoms with E-state index in [0.717, 1.165) is 61.4 Å². The van der Waals surface area contributed by atoms with Gasteiger partial charge in [-0.1, -0.05) is 110 Å². The Hall–Kier alpha value is -6.72. The molecule has 0 aliphatic rings. The third-order valence-electron chi connectivity index (χ3n) is 9.47. The molecule has 6 aromatic carbocycles. The highest BCUT2D eigenvalue weighted by Gasteiger charge is 2.18. The van der Waals surface area contributed by atoms with E-state index in [9.17, 15) is 0 Å². The lowest BCUT2D eigenvalue weighted by atomic mass is 10.0. The van der Waals surface area contributed by atoms with Gasteiger partial charge in [-0.15, -0.1) is 6.58 Å². The molecular weight excluding hydrogens is 611 g/mol. The molecule has 0 aliphatic carbocycles. The molecule has 0 radical (unpaired) electrons. The van der Waals surface area contributed by atoms with Crippen molar-refractivity contribution in [2.45, 2.75) is 0 Å². The first kappa shape index (κ1) is 29.4. The predicted molar refractivity (Wildman–Crippen MR) is 209 cm³/mol. The van der Waals surface area contributed by atoms with Crippen molar-refractivity contribution in [3.63, 3.8) is 0 Å². The topological polar surface area (TPSA) is 47.7 Å². The summed E-state index contributed by atoms with van der Waals surface area (Å²) in [5.74, 6) is 0.683. The van der Waals surface area contributed by atoms with E-state index in [1.54, 1.807) is 0 Å². The van der Waals surface area contributed by atoms with Crippen LogP contribution in [0.3, 0.4) is 0 Å². The molecule has 0 atom stereocenters. The molecular formula is C45H33N5. The van der Waals surface area contributed by atoms with Gasteiger partial charge in [-0.05, 0) is 54.1 Å². The van der Waals surface area contributed by atoms with Crippen molar-refractivity contribution in [2.75, 3.05) is 6.54 Å². The van der Waals surface area contributed by atoms with Crippen LogP contribution in [0.2, 0.25) is 0 Å². The highest BCUT2D eigenvalue weighted by molar-refractivity contribution is 6.18. The van der Waals surface area contributed by atoms with Crippen molar-refractivity contribution in [3.05, 3.63) is 177 Å². The second kappa shape index (κ2) is 12.1. The van der Waals surface area contributed by atoms with Gasteiger partial charge in [0.2, 0.25) is 0 Å². The summed E-state index contributed by atoms with van der Waals surface area (Å²) in [5.41, 5.74) is 11.4. The standard InChI is InChI=1S/C45H33N5/c1-3-27-46-30(2)31-20-22-32(23-21-31)43-38-17-7-9-18-40(38)47-45(48-43)33-12-11-15-35(29-33)50-42-19-10-8-16-36(42)37-24-25-41-39(44(37)50)26-28-49(41)34-13-5-4-6-14-34/h3-26,28-29,46H,1-2,27H2. The van der Waals surface area contributed by atoms with Gasteiger partial charge in [0, 0.05) is 62.5 Å². The molecule has 5 nitrogen and oxygen atoms in total. The Kier molecular flexibility index (Phi) is 7.10. The van der Waals surface area contributed by atoms with E-state index in [-0.39, 0.29) is 0 Å². The van der Waals surface area contributed by atoms with Gasteiger partial charge >= 0.3 is 0 Å². The maximum Gasteiger partial charge on any atom is 0.160 e. The molecule has 3 heterocycles. The molecule has 50 heavy (non-hydrogen) atoms. The number of fused-ring (bicyclic) bond motifs is 6. The van der Waals surface area contributed by atoms with Crippen molar-refractivity contribution < 1.29 is 0 Å². The first-order valence-corrected chi connectivity index (χ1v) is 16.8. The van der Waals surface area contributed by atoms with Crippen molar-refractivity contribution in [1.29, 1.82) is 0 Å². The van der Waals surface area contributed by atoms with Crippen LogP contribution in [-0.2, 0) is 0 Å². The SMILES string of the molecule is C=CCNC(=C)c1ccc(-c2nc(-c3cccc(-n4c5ccccc5c5ccc6c(ccn6-c6ccccc6)c54)c3)nc3ccccc23)cc1. The summed E-state index contributed by atoms with van der Waals surface area (Å²) in [7, 11) is 0. The number of aromatic nitrogens is 4. The smallest absolute Gasteiger partial charge is 0.160 e. The van der Waals surface area contributed by atoms with Crippen LogP contribution in [0.4, 0.5) is 0 Å². The number of para-hydroxylation sites is 3. The summed E-state index contributed by atoms with van der Waals surface area (Å²) in [5, 5.41) is 7.93. The minimum Gasteiger partial charge on any atom is -0.382 e. The summed E-state index contributed by atoms with van der Waals surface area (Å²) >= 11 is 0. The molecule has 0 saturated heterocycles. The third-order valence-corrected chi connectivity index (χ3v) is 9.47. The Labute approximate surface area is 290 Å². The van der Waals surface area contributed by atoms with E-state index in [0.29, 0.717) is 12.4 Å². The highest BCUT2D eigenvalue weighted by atomic mass is 15.0. The van der Waals surface area contributed by atoms with Gasteiger partial charge in [0.05, 0.1) is 27.8 Å². The quantitative estimate of drug-likeness (QED) is 0.168. The Bertz CT molecular complexity index is 2730. The number of hydrogen-bond donors (Lipinski definition) is 1. The van der Waals surface area contributed by atoms with E-state index in [1.807, 2.05) is 18.2 Å². The van der Waals surface area contributed by atoms with Crippen LogP contribution in [0.25, 0.3) is 83.3 Å². The Morgan fingerprint density at radius 3 is 2.22 bits per heavy atom. The first-order chi connectivity index (χ1) is 24.7. The van der Waals surface area contributed by atoms with Gasteiger partial charge in [0.15, 0.2) is 5.82 Å². The normalized spacial score (nSPS) is 11.4. The molecule has 9 aromatic rings. The molecule has 0 spiro atoms. The largest absolute Gasteiger partial charge is 0.382 e. The van der Waals surface area contributed by atoms with Crippen LogP contribution in [0.5, 0.6) is 0 Å². The average molecular weight is 644 g/mol. The van der Waals surface area contributed by atoms with Gasteiger partial charge in [-0.3, -0.25) is 0 Å². The molecule has 0 aliphatic heterocycles. The number of rotatable bonds is 8. The third kappa shape index (κ3) is 4.87.